The zero-order valence-electron chi connectivity index (χ0n) is 9.30. The molecule has 0 saturated carbocycles. The number of amides is 2. The van der Waals surface area contributed by atoms with Gasteiger partial charge >= 0.3 is 0 Å². The Morgan fingerprint density at radius 3 is 1.29 bits per heavy atom. The number of nitrogens with one attached hydrogen (secondary N) is 2. The highest BCUT2D eigenvalue weighted by Gasteiger charge is 2.16. The molecule has 0 saturated heterocycles. The quantitative estimate of drug-likeness (QED) is 0.245. The lowest BCUT2D eigenvalue weighted by Crippen LogP contribution is -2.45. The number of rotatable bonds is 8. The van der Waals surface area contributed by atoms with Crippen LogP contribution in [0.1, 0.15) is 6.42 Å². The van der Waals surface area contributed by atoms with Crippen LogP contribution in [0.4, 0.5) is 0 Å². The third kappa shape index (κ3) is 6.84. The van der Waals surface area contributed by atoms with E-state index in [0.717, 1.165) is 0 Å². The number of hydrogen-bond acceptors (Lipinski definition) is 6. The normalized spacial score (nSPS) is 10.7. The monoisotopic (exact) mass is 250 g/mol. The second-order valence-electron chi connectivity index (χ2n) is 3.44. The highest BCUT2D eigenvalue weighted by molar-refractivity contribution is 5.97. The molecule has 0 rings (SSSR count). The van der Waals surface area contributed by atoms with Crippen LogP contribution in [0.15, 0.2) is 0 Å². The molecular formula is C9H18N2O6. The second-order valence-corrected chi connectivity index (χ2v) is 3.44. The first kappa shape index (κ1) is 15.8. The highest BCUT2D eigenvalue weighted by Crippen LogP contribution is 1.88. The first-order valence-electron chi connectivity index (χ1n) is 5.09. The van der Waals surface area contributed by atoms with Crippen molar-refractivity contribution in [3.05, 3.63) is 0 Å². The lowest BCUT2D eigenvalue weighted by Gasteiger charge is -2.15. The zero-order valence-corrected chi connectivity index (χ0v) is 9.30. The molecule has 17 heavy (non-hydrogen) atoms. The smallest absolute Gasteiger partial charge is 0.229 e. The third-order valence-corrected chi connectivity index (χ3v) is 1.93. The molecule has 0 aliphatic rings. The standard InChI is InChI=1S/C9H18N2O6/c12-2-6(3-13)10-8(16)1-9(17)11-7(4-14)5-15/h6-7,12-15H,1-5H2,(H,10,16)(H,11,17). The van der Waals surface area contributed by atoms with Crippen molar-refractivity contribution in [1.29, 1.82) is 0 Å². The van der Waals surface area contributed by atoms with E-state index in [4.69, 9.17) is 20.4 Å². The largest absolute Gasteiger partial charge is 0.394 e. The van der Waals surface area contributed by atoms with Crippen LogP contribution in [0.25, 0.3) is 0 Å². The molecule has 100 valence electrons. The fourth-order valence-corrected chi connectivity index (χ4v) is 1.00. The summed E-state index contributed by atoms with van der Waals surface area (Å²) < 4.78 is 0. The summed E-state index contributed by atoms with van der Waals surface area (Å²) in [6, 6.07) is -1.61. The molecule has 6 N–H and O–H groups in total. The van der Waals surface area contributed by atoms with Crippen LogP contribution in [-0.4, -0.2) is 70.8 Å². The molecule has 8 heteroatoms. The highest BCUT2D eigenvalue weighted by atomic mass is 16.3. The van der Waals surface area contributed by atoms with Crippen LogP contribution in [0, 0.1) is 0 Å². The summed E-state index contributed by atoms with van der Waals surface area (Å²) in [7, 11) is 0. The van der Waals surface area contributed by atoms with Gasteiger partial charge < -0.3 is 31.1 Å². The summed E-state index contributed by atoms with van der Waals surface area (Å²) in [4.78, 5) is 22.4. The Kier molecular flexibility index (Phi) is 8.24. The van der Waals surface area contributed by atoms with E-state index in [1.54, 1.807) is 0 Å². The first-order valence-corrected chi connectivity index (χ1v) is 5.09. The predicted molar refractivity (Wildman–Crippen MR) is 56.8 cm³/mol. The number of carbonyl (C=O) groups excluding carboxylic acids is 2. The van der Waals surface area contributed by atoms with Gasteiger partial charge in [-0.15, -0.1) is 0 Å². The van der Waals surface area contributed by atoms with Gasteiger partial charge in [0.1, 0.15) is 6.42 Å². The maximum absolute atomic E-state index is 11.2. The third-order valence-electron chi connectivity index (χ3n) is 1.93. The molecule has 0 aliphatic heterocycles. The van der Waals surface area contributed by atoms with Gasteiger partial charge in [-0.1, -0.05) is 0 Å². The Balaban J connectivity index is 3.99. The van der Waals surface area contributed by atoms with Gasteiger partial charge in [-0.05, 0) is 0 Å². The molecular weight excluding hydrogens is 232 g/mol. The average molecular weight is 250 g/mol. The Hall–Kier alpha value is -1.22. The van der Waals surface area contributed by atoms with Crippen LogP contribution >= 0.6 is 0 Å². The van der Waals surface area contributed by atoms with Crippen molar-refractivity contribution in [1.82, 2.24) is 10.6 Å². The number of aliphatic hydroxyl groups excluding tert-OH is 4. The molecule has 2 amide bonds. The van der Waals surface area contributed by atoms with Gasteiger partial charge in [0.2, 0.25) is 11.8 Å². The summed E-state index contributed by atoms with van der Waals surface area (Å²) in [6.07, 6.45) is -0.507. The minimum absolute atomic E-state index is 0.431. The Morgan fingerprint density at radius 1 is 0.765 bits per heavy atom. The summed E-state index contributed by atoms with van der Waals surface area (Å²) in [6.45, 7) is -1.72. The van der Waals surface area contributed by atoms with E-state index in [2.05, 4.69) is 10.6 Å². The summed E-state index contributed by atoms with van der Waals surface area (Å²) in [5.41, 5.74) is 0. The molecule has 0 heterocycles. The second kappa shape index (κ2) is 8.88. The van der Waals surface area contributed by atoms with Gasteiger partial charge in [-0.25, -0.2) is 0 Å². The van der Waals surface area contributed by atoms with E-state index in [1.807, 2.05) is 0 Å². The van der Waals surface area contributed by atoms with E-state index in [1.165, 1.54) is 0 Å². The number of aliphatic hydroxyl groups is 4. The molecule has 0 atom stereocenters. The molecule has 0 fully saturated rings. The fraction of sp³-hybridized carbons (Fsp3) is 0.778. The van der Waals surface area contributed by atoms with Crippen LogP contribution in [0.2, 0.25) is 0 Å². The molecule has 0 bridgehead atoms. The SMILES string of the molecule is O=C(CC(=O)NC(CO)CO)NC(CO)CO. The minimum Gasteiger partial charge on any atom is -0.394 e. The molecule has 0 aromatic carbocycles. The minimum atomic E-state index is -0.804. The van der Waals surface area contributed by atoms with Crippen molar-refractivity contribution in [2.75, 3.05) is 26.4 Å². The maximum Gasteiger partial charge on any atom is 0.229 e. The van der Waals surface area contributed by atoms with Gasteiger partial charge in [0, 0.05) is 0 Å². The topological polar surface area (TPSA) is 139 Å². The van der Waals surface area contributed by atoms with Crippen molar-refractivity contribution in [2.45, 2.75) is 18.5 Å². The van der Waals surface area contributed by atoms with Gasteiger partial charge in [-0.2, -0.15) is 0 Å². The lowest BCUT2D eigenvalue weighted by atomic mass is 10.2. The molecule has 0 spiro atoms. The Labute approximate surface area is 98.3 Å². The van der Waals surface area contributed by atoms with E-state index in [0.29, 0.717) is 0 Å². The van der Waals surface area contributed by atoms with Gasteiger partial charge in [-0.3, -0.25) is 9.59 Å². The number of hydrogen-bond donors (Lipinski definition) is 6. The van der Waals surface area contributed by atoms with E-state index in [-0.39, 0.29) is 0 Å². The fourth-order valence-electron chi connectivity index (χ4n) is 1.00. The van der Waals surface area contributed by atoms with Crippen molar-refractivity contribution >= 4 is 11.8 Å². The van der Waals surface area contributed by atoms with Gasteiger partial charge in [0.15, 0.2) is 0 Å². The Bertz CT molecular complexity index is 216. The lowest BCUT2D eigenvalue weighted by molar-refractivity contribution is -0.130. The summed E-state index contributed by atoms with van der Waals surface area (Å²) in [5.74, 6) is -1.32. The van der Waals surface area contributed by atoms with Crippen LogP contribution < -0.4 is 10.6 Å². The zero-order chi connectivity index (χ0) is 13.3. The molecule has 0 aromatic rings. The molecule has 0 aromatic heterocycles. The molecule has 0 radical (unpaired) electrons. The van der Waals surface area contributed by atoms with Crippen molar-refractivity contribution in [3.63, 3.8) is 0 Å². The van der Waals surface area contributed by atoms with Crippen LogP contribution in [-0.2, 0) is 9.59 Å². The maximum atomic E-state index is 11.2. The van der Waals surface area contributed by atoms with E-state index < -0.39 is 56.7 Å². The number of carbonyl (C=O) groups is 2. The predicted octanol–water partition coefficient (Wildman–Crippen LogP) is -3.68. The molecule has 0 unspecified atom stereocenters. The van der Waals surface area contributed by atoms with Crippen molar-refractivity contribution < 1.29 is 30.0 Å². The summed E-state index contributed by atoms with van der Waals surface area (Å²) >= 11 is 0. The van der Waals surface area contributed by atoms with Gasteiger partial charge in [0.05, 0.1) is 38.5 Å². The Morgan fingerprint density at radius 2 is 1.06 bits per heavy atom. The van der Waals surface area contributed by atoms with E-state index >= 15 is 0 Å². The van der Waals surface area contributed by atoms with Crippen LogP contribution in [0.3, 0.4) is 0 Å². The molecule has 8 nitrogen and oxygen atoms in total. The average Bonchev–Trinajstić information content (AvgIpc) is 2.32. The van der Waals surface area contributed by atoms with Crippen molar-refractivity contribution in [3.8, 4) is 0 Å². The molecule has 0 aliphatic carbocycles. The van der Waals surface area contributed by atoms with E-state index in [9.17, 15) is 9.59 Å². The first-order chi connectivity index (χ1) is 8.07. The van der Waals surface area contributed by atoms with Crippen LogP contribution in [0.5, 0.6) is 0 Å². The summed E-state index contributed by atoms with van der Waals surface area (Å²) in [5, 5.41) is 39.2. The van der Waals surface area contributed by atoms with Crippen molar-refractivity contribution in [2.24, 2.45) is 0 Å². The van der Waals surface area contributed by atoms with Gasteiger partial charge in [0.25, 0.3) is 0 Å².